The second-order valence-corrected chi connectivity index (χ2v) is 3.98. The third-order valence-corrected chi connectivity index (χ3v) is 2.98. The fourth-order valence-electron chi connectivity index (χ4n) is 1.81. The maximum atomic E-state index is 11.0. The van der Waals surface area contributed by atoms with Crippen molar-refractivity contribution in [3.63, 3.8) is 0 Å². The zero-order chi connectivity index (χ0) is 11.1. The van der Waals surface area contributed by atoms with E-state index in [2.05, 4.69) is 22.0 Å². The minimum Gasteiger partial charge on any atom is -0.355 e. The summed E-state index contributed by atoms with van der Waals surface area (Å²) in [6, 6.07) is 0. The number of amides is 1. The van der Waals surface area contributed by atoms with Crippen molar-refractivity contribution in [2.24, 2.45) is 0 Å². The molecule has 1 aliphatic rings. The van der Waals surface area contributed by atoms with Crippen molar-refractivity contribution in [2.75, 3.05) is 45.8 Å². The Hall–Kier alpha value is -0.610. The number of carbonyl (C=O) groups excluding carboxylic acids is 1. The van der Waals surface area contributed by atoms with Gasteiger partial charge in [0.05, 0.1) is 0 Å². The number of carbonyl (C=O) groups is 1. The lowest BCUT2D eigenvalue weighted by molar-refractivity contribution is -0.120. The number of rotatable bonds is 5. The molecular formula is C11H23N3O. The van der Waals surface area contributed by atoms with Gasteiger partial charge in [-0.25, -0.2) is 0 Å². The molecule has 1 rings (SSSR count). The highest BCUT2D eigenvalue weighted by molar-refractivity contribution is 5.75. The number of nitrogens with zero attached hydrogens (tertiary/aromatic N) is 2. The van der Waals surface area contributed by atoms with Crippen molar-refractivity contribution < 1.29 is 4.79 Å². The maximum absolute atomic E-state index is 11.0. The van der Waals surface area contributed by atoms with Crippen LogP contribution in [-0.2, 0) is 4.79 Å². The molecule has 1 saturated heterocycles. The van der Waals surface area contributed by atoms with Crippen LogP contribution < -0.4 is 5.32 Å². The van der Waals surface area contributed by atoms with Gasteiger partial charge in [0.1, 0.15) is 0 Å². The van der Waals surface area contributed by atoms with Crippen molar-refractivity contribution in [1.82, 2.24) is 15.1 Å². The first-order valence-electron chi connectivity index (χ1n) is 5.97. The van der Waals surface area contributed by atoms with Crippen molar-refractivity contribution in [3.05, 3.63) is 0 Å². The van der Waals surface area contributed by atoms with Gasteiger partial charge in [0.15, 0.2) is 0 Å². The van der Waals surface area contributed by atoms with E-state index in [1.807, 2.05) is 6.92 Å². The van der Waals surface area contributed by atoms with Crippen LogP contribution in [0, 0.1) is 0 Å². The first-order chi connectivity index (χ1) is 7.26. The molecule has 1 N–H and O–H groups in total. The Morgan fingerprint density at radius 2 is 1.73 bits per heavy atom. The van der Waals surface area contributed by atoms with Gasteiger partial charge in [-0.3, -0.25) is 9.69 Å². The Labute approximate surface area is 92.6 Å². The number of likely N-dealkylation sites (N-methyl/N-ethyl adjacent to an activating group) is 1. The molecule has 1 fully saturated rings. The fraction of sp³-hybridized carbons (Fsp3) is 0.909. The molecule has 0 unspecified atom stereocenters. The van der Waals surface area contributed by atoms with Crippen LogP contribution in [0.4, 0.5) is 0 Å². The maximum Gasteiger partial charge on any atom is 0.219 e. The standard InChI is InChI=1S/C11H23N3O/c1-3-11(15)12-5-6-14-9-7-13(4-2)8-10-14/h3-10H2,1-2H3,(H,12,15). The summed E-state index contributed by atoms with van der Waals surface area (Å²) in [5, 5.41) is 2.91. The van der Waals surface area contributed by atoms with Crippen LogP contribution in [0.2, 0.25) is 0 Å². The zero-order valence-corrected chi connectivity index (χ0v) is 9.96. The van der Waals surface area contributed by atoms with E-state index in [0.717, 1.165) is 45.8 Å². The van der Waals surface area contributed by atoms with Crippen molar-refractivity contribution in [1.29, 1.82) is 0 Å². The Kier molecular flexibility index (Phi) is 5.65. The molecule has 1 aliphatic heterocycles. The van der Waals surface area contributed by atoms with Crippen LogP contribution in [0.15, 0.2) is 0 Å². The molecule has 4 nitrogen and oxygen atoms in total. The van der Waals surface area contributed by atoms with Gasteiger partial charge in [0.25, 0.3) is 0 Å². The highest BCUT2D eigenvalue weighted by Crippen LogP contribution is 1.99. The Bertz CT molecular complexity index is 188. The average molecular weight is 213 g/mol. The van der Waals surface area contributed by atoms with Crippen molar-refractivity contribution >= 4 is 5.91 Å². The summed E-state index contributed by atoms with van der Waals surface area (Å²) in [5.74, 6) is 0.155. The molecule has 0 aromatic carbocycles. The Morgan fingerprint density at radius 1 is 1.13 bits per heavy atom. The van der Waals surface area contributed by atoms with Crippen LogP contribution in [0.5, 0.6) is 0 Å². The van der Waals surface area contributed by atoms with E-state index in [4.69, 9.17) is 0 Å². The predicted molar refractivity (Wildman–Crippen MR) is 61.9 cm³/mol. The summed E-state index contributed by atoms with van der Waals surface area (Å²) < 4.78 is 0. The molecule has 0 radical (unpaired) electrons. The number of hydrogen-bond acceptors (Lipinski definition) is 3. The molecule has 0 bridgehead atoms. The van der Waals surface area contributed by atoms with E-state index >= 15 is 0 Å². The van der Waals surface area contributed by atoms with Gasteiger partial charge in [-0.2, -0.15) is 0 Å². The Balaban J connectivity index is 2.06. The van der Waals surface area contributed by atoms with E-state index in [1.54, 1.807) is 0 Å². The smallest absolute Gasteiger partial charge is 0.219 e. The highest BCUT2D eigenvalue weighted by Gasteiger charge is 2.14. The first kappa shape index (κ1) is 12.5. The van der Waals surface area contributed by atoms with Gasteiger partial charge >= 0.3 is 0 Å². The van der Waals surface area contributed by atoms with Gasteiger partial charge in [0, 0.05) is 45.7 Å². The zero-order valence-electron chi connectivity index (χ0n) is 9.96. The van der Waals surface area contributed by atoms with Crippen LogP contribution in [-0.4, -0.2) is 61.5 Å². The molecule has 1 amide bonds. The monoisotopic (exact) mass is 213 g/mol. The molecule has 0 aromatic heterocycles. The fourth-order valence-corrected chi connectivity index (χ4v) is 1.81. The molecule has 1 heterocycles. The van der Waals surface area contributed by atoms with E-state index in [0.29, 0.717) is 6.42 Å². The second kappa shape index (κ2) is 6.80. The van der Waals surface area contributed by atoms with E-state index < -0.39 is 0 Å². The lowest BCUT2D eigenvalue weighted by Crippen LogP contribution is -2.48. The lowest BCUT2D eigenvalue weighted by atomic mass is 10.3. The summed E-state index contributed by atoms with van der Waals surface area (Å²) in [4.78, 5) is 15.9. The van der Waals surface area contributed by atoms with E-state index in [-0.39, 0.29) is 5.91 Å². The molecule has 4 heteroatoms. The molecule has 0 saturated carbocycles. The summed E-state index contributed by atoms with van der Waals surface area (Å²) in [5.41, 5.74) is 0. The average Bonchev–Trinajstić information content (AvgIpc) is 2.29. The third-order valence-electron chi connectivity index (χ3n) is 2.98. The molecule has 0 aromatic rings. The summed E-state index contributed by atoms with van der Waals surface area (Å²) in [7, 11) is 0. The number of nitrogens with one attached hydrogen (secondary N) is 1. The third kappa shape index (κ3) is 4.62. The van der Waals surface area contributed by atoms with Crippen LogP contribution in [0.1, 0.15) is 20.3 Å². The van der Waals surface area contributed by atoms with E-state index in [1.165, 1.54) is 0 Å². The van der Waals surface area contributed by atoms with Crippen molar-refractivity contribution in [2.45, 2.75) is 20.3 Å². The van der Waals surface area contributed by atoms with Gasteiger partial charge in [-0.15, -0.1) is 0 Å². The molecule has 0 aliphatic carbocycles. The summed E-state index contributed by atoms with van der Waals surface area (Å²) >= 11 is 0. The molecule has 0 spiro atoms. The lowest BCUT2D eigenvalue weighted by Gasteiger charge is -2.33. The molecular weight excluding hydrogens is 190 g/mol. The van der Waals surface area contributed by atoms with E-state index in [9.17, 15) is 4.79 Å². The van der Waals surface area contributed by atoms with Gasteiger partial charge in [0.2, 0.25) is 5.91 Å². The van der Waals surface area contributed by atoms with Gasteiger partial charge in [-0.05, 0) is 6.54 Å². The largest absolute Gasteiger partial charge is 0.355 e. The number of hydrogen-bond donors (Lipinski definition) is 1. The molecule has 0 atom stereocenters. The van der Waals surface area contributed by atoms with Gasteiger partial charge < -0.3 is 10.2 Å². The molecule has 88 valence electrons. The quantitative estimate of drug-likeness (QED) is 0.706. The highest BCUT2D eigenvalue weighted by atomic mass is 16.1. The topological polar surface area (TPSA) is 35.6 Å². The van der Waals surface area contributed by atoms with Crippen molar-refractivity contribution in [3.8, 4) is 0 Å². The van der Waals surface area contributed by atoms with Gasteiger partial charge in [-0.1, -0.05) is 13.8 Å². The molecule has 15 heavy (non-hydrogen) atoms. The summed E-state index contributed by atoms with van der Waals surface area (Å²) in [6.07, 6.45) is 0.587. The first-order valence-corrected chi connectivity index (χ1v) is 5.97. The second-order valence-electron chi connectivity index (χ2n) is 3.98. The normalized spacial score (nSPS) is 19.1. The van der Waals surface area contributed by atoms with Crippen LogP contribution >= 0.6 is 0 Å². The number of piperazine rings is 1. The summed E-state index contributed by atoms with van der Waals surface area (Å²) in [6.45, 7) is 11.6. The van der Waals surface area contributed by atoms with Crippen LogP contribution in [0.25, 0.3) is 0 Å². The Morgan fingerprint density at radius 3 is 2.27 bits per heavy atom. The minimum absolute atomic E-state index is 0.155. The predicted octanol–water partition coefficient (Wildman–Crippen LogP) is 0.150. The SMILES string of the molecule is CCC(=O)NCCN1CCN(CC)CC1. The van der Waals surface area contributed by atoms with Crippen LogP contribution in [0.3, 0.4) is 0 Å². The minimum atomic E-state index is 0.155.